The van der Waals surface area contributed by atoms with Gasteiger partial charge in [0, 0.05) is 12.1 Å². The van der Waals surface area contributed by atoms with Gasteiger partial charge in [0.05, 0.1) is 6.42 Å². The Balaban J connectivity index is 2.45. The Hall–Kier alpha value is -2.57. The van der Waals surface area contributed by atoms with Gasteiger partial charge in [0.1, 0.15) is 5.75 Å². The molecule has 0 aliphatic heterocycles. The summed E-state index contributed by atoms with van der Waals surface area (Å²) in [6, 6.07) is 6.29. The molecule has 0 saturated heterocycles. The van der Waals surface area contributed by atoms with E-state index in [4.69, 9.17) is 15.6 Å². The first-order valence-electron chi connectivity index (χ1n) is 5.50. The van der Waals surface area contributed by atoms with Crippen LogP contribution in [-0.4, -0.2) is 29.5 Å². The van der Waals surface area contributed by atoms with E-state index >= 15 is 0 Å². The number of hydrogen-bond donors (Lipinski definition) is 3. The number of carbonyl (C=O) groups is 3. The number of carboxylic acids is 1. The van der Waals surface area contributed by atoms with E-state index < -0.39 is 11.9 Å². The molecule has 102 valence electrons. The number of nitrogens with one attached hydrogen (secondary N) is 1. The average molecular weight is 266 g/mol. The van der Waals surface area contributed by atoms with Gasteiger partial charge in [-0.3, -0.25) is 14.4 Å². The largest absolute Gasteiger partial charge is 0.484 e. The molecule has 0 aromatic heterocycles. The first-order valence-corrected chi connectivity index (χ1v) is 5.50. The van der Waals surface area contributed by atoms with Crippen LogP contribution in [0.2, 0.25) is 0 Å². The predicted octanol–water partition coefficient (Wildman–Crippen LogP) is 0.354. The third-order valence-corrected chi connectivity index (χ3v) is 2.09. The molecule has 0 atom stereocenters. The van der Waals surface area contributed by atoms with Gasteiger partial charge in [-0.05, 0) is 24.3 Å². The van der Waals surface area contributed by atoms with Crippen molar-refractivity contribution in [1.29, 1.82) is 0 Å². The Labute approximate surface area is 109 Å². The van der Waals surface area contributed by atoms with Gasteiger partial charge < -0.3 is 20.9 Å². The highest BCUT2D eigenvalue weighted by Gasteiger charge is 2.06. The maximum Gasteiger partial charge on any atom is 0.303 e. The number of nitrogens with two attached hydrogens (primary N) is 1. The molecule has 1 rings (SSSR count). The number of amides is 2. The molecule has 19 heavy (non-hydrogen) atoms. The van der Waals surface area contributed by atoms with Crippen LogP contribution in [0, 0.1) is 0 Å². The van der Waals surface area contributed by atoms with E-state index in [1.807, 2.05) is 0 Å². The molecular weight excluding hydrogens is 252 g/mol. The van der Waals surface area contributed by atoms with Crippen molar-refractivity contribution < 1.29 is 24.2 Å². The van der Waals surface area contributed by atoms with Gasteiger partial charge in [0.25, 0.3) is 5.91 Å². The Morgan fingerprint density at radius 3 is 2.32 bits per heavy atom. The fourth-order valence-electron chi connectivity index (χ4n) is 1.23. The molecule has 2 amide bonds. The van der Waals surface area contributed by atoms with Crippen molar-refractivity contribution in [3.8, 4) is 5.75 Å². The number of primary amides is 1. The first-order chi connectivity index (χ1) is 8.97. The molecule has 4 N–H and O–H groups in total. The van der Waals surface area contributed by atoms with Crippen LogP contribution in [0.4, 0.5) is 5.69 Å². The van der Waals surface area contributed by atoms with Crippen molar-refractivity contribution in [1.82, 2.24) is 0 Å². The van der Waals surface area contributed by atoms with E-state index in [1.54, 1.807) is 24.3 Å². The fourth-order valence-corrected chi connectivity index (χ4v) is 1.23. The zero-order valence-electron chi connectivity index (χ0n) is 10.1. The second kappa shape index (κ2) is 7.00. The number of ether oxygens (including phenoxy) is 1. The van der Waals surface area contributed by atoms with Gasteiger partial charge in [-0.15, -0.1) is 0 Å². The number of rotatable bonds is 7. The van der Waals surface area contributed by atoms with Crippen molar-refractivity contribution in [2.75, 3.05) is 11.9 Å². The maximum atomic E-state index is 11.3. The van der Waals surface area contributed by atoms with E-state index in [9.17, 15) is 14.4 Å². The molecule has 0 bridgehead atoms. The third kappa shape index (κ3) is 6.06. The molecule has 0 heterocycles. The lowest BCUT2D eigenvalue weighted by Crippen LogP contribution is -2.20. The molecule has 0 spiro atoms. The van der Waals surface area contributed by atoms with E-state index in [-0.39, 0.29) is 25.4 Å². The van der Waals surface area contributed by atoms with Crippen molar-refractivity contribution in [2.45, 2.75) is 12.8 Å². The summed E-state index contributed by atoms with van der Waals surface area (Å²) in [5, 5.41) is 11.0. The molecule has 7 heteroatoms. The highest BCUT2D eigenvalue weighted by molar-refractivity contribution is 5.92. The Morgan fingerprint density at radius 1 is 1.16 bits per heavy atom. The molecule has 0 aliphatic carbocycles. The summed E-state index contributed by atoms with van der Waals surface area (Å²) in [6.45, 7) is -0.218. The molecule has 1 aromatic carbocycles. The van der Waals surface area contributed by atoms with Crippen LogP contribution in [-0.2, 0) is 14.4 Å². The minimum atomic E-state index is -1.02. The summed E-state index contributed by atoms with van der Waals surface area (Å²) >= 11 is 0. The Bertz CT molecular complexity index is 470. The molecule has 7 nitrogen and oxygen atoms in total. The lowest BCUT2D eigenvalue weighted by atomic mass is 10.2. The monoisotopic (exact) mass is 266 g/mol. The molecular formula is C12H14N2O5. The Morgan fingerprint density at radius 2 is 1.79 bits per heavy atom. The summed E-state index contributed by atoms with van der Waals surface area (Å²) in [6.07, 6.45) is -0.305. The number of hydrogen-bond acceptors (Lipinski definition) is 4. The van der Waals surface area contributed by atoms with Crippen LogP contribution < -0.4 is 15.8 Å². The number of benzene rings is 1. The minimum absolute atomic E-state index is 0.0880. The number of aliphatic carboxylic acids is 1. The van der Waals surface area contributed by atoms with Gasteiger partial charge in [-0.25, -0.2) is 0 Å². The van der Waals surface area contributed by atoms with Gasteiger partial charge in [0.2, 0.25) is 5.91 Å². The predicted molar refractivity (Wildman–Crippen MR) is 66.6 cm³/mol. The highest BCUT2D eigenvalue weighted by atomic mass is 16.5. The van der Waals surface area contributed by atoms with E-state index in [1.165, 1.54) is 0 Å². The highest BCUT2D eigenvalue weighted by Crippen LogP contribution is 2.15. The molecule has 0 saturated carbocycles. The van der Waals surface area contributed by atoms with Crippen molar-refractivity contribution in [2.24, 2.45) is 5.73 Å². The SMILES string of the molecule is NC(=O)COc1ccc(NC(=O)CCC(=O)O)cc1. The second-order valence-electron chi connectivity index (χ2n) is 3.72. The average Bonchev–Trinajstić information content (AvgIpc) is 2.35. The molecule has 0 radical (unpaired) electrons. The fraction of sp³-hybridized carbons (Fsp3) is 0.250. The van der Waals surface area contributed by atoms with E-state index in [2.05, 4.69) is 5.32 Å². The van der Waals surface area contributed by atoms with Crippen molar-refractivity contribution in [3.05, 3.63) is 24.3 Å². The summed E-state index contributed by atoms with van der Waals surface area (Å²) in [5.74, 6) is -1.54. The summed E-state index contributed by atoms with van der Waals surface area (Å²) < 4.78 is 5.04. The Kier molecular flexibility index (Phi) is 5.34. The molecule has 0 fully saturated rings. The van der Waals surface area contributed by atoms with Crippen LogP contribution >= 0.6 is 0 Å². The lowest BCUT2D eigenvalue weighted by Gasteiger charge is -2.06. The topological polar surface area (TPSA) is 119 Å². The molecule has 0 aliphatic rings. The van der Waals surface area contributed by atoms with Crippen molar-refractivity contribution >= 4 is 23.5 Å². The normalized spacial score (nSPS) is 9.68. The smallest absolute Gasteiger partial charge is 0.303 e. The lowest BCUT2D eigenvalue weighted by molar-refractivity contribution is -0.138. The van der Waals surface area contributed by atoms with Crippen LogP contribution in [0.3, 0.4) is 0 Å². The van der Waals surface area contributed by atoms with Gasteiger partial charge in [0.15, 0.2) is 6.61 Å². The van der Waals surface area contributed by atoms with Gasteiger partial charge in [-0.1, -0.05) is 0 Å². The molecule has 0 unspecified atom stereocenters. The summed E-state index contributed by atoms with van der Waals surface area (Å²) in [7, 11) is 0. The standard InChI is InChI=1S/C12H14N2O5/c13-10(15)7-19-9-3-1-8(2-4-9)14-11(16)5-6-12(17)18/h1-4H,5-7H2,(H2,13,15)(H,14,16)(H,17,18). The zero-order chi connectivity index (χ0) is 14.3. The zero-order valence-corrected chi connectivity index (χ0v) is 10.1. The quantitative estimate of drug-likeness (QED) is 0.658. The minimum Gasteiger partial charge on any atom is -0.484 e. The van der Waals surface area contributed by atoms with E-state index in [0.29, 0.717) is 11.4 Å². The second-order valence-corrected chi connectivity index (χ2v) is 3.72. The van der Waals surface area contributed by atoms with Crippen LogP contribution in [0.1, 0.15) is 12.8 Å². The maximum absolute atomic E-state index is 11.3. The number of carbonyl (C=O) groups excluding carboxylic acids is 2. The van der Waals surface area contributed by atoms with Crippen LogP contribution in [0.25, 0.3) is 0 Å². The number of carboxylic acid groups (broad SMARTS) is 1. The van der Waals surface area contributed by atoms with Crippen molar-refractivity contribution in [3.63, 3.8) is 0 Å². The third-order valence-electron chi connectivity index (χ3n) is 2.09. The van der Waals surface area contributed by atoms with Crippen LogP contribution in [0.15, 0.2) is 24.3 Å². The number of anilines is 1. The first kappa shape index (κ1) is 14.5. The summed E-state index contributed by atoms with van der Waals surface area (Å²) in [5.41, 5.74) is 5.44. The van der Waals surface area contributed by atoms with Gasteiger partial charge >= 0.3 is 5.97 Å². The van der Waals surface area contributed by atoms with Gasteiger partial charge in [-0.2, -0.15) is 0 Å². The van der Waals surface area contributed by atoms with E-state index in [0.717, 1.165) is 0 Å². The molecule has 1 aromatic rings. The van der Waals surface area contributed by atoms with Crippen LogP contribution in [0.5, 0.6) is 5.75 Å². The summed E-state index contributed by atoms with van der Waals surface area (Å²) in [4.78, 5) is 32.1.